The third kappa shape index (κ3) is 5.68. The Balaban J connectivity index is 1.21. The maximum atomic E-state index is 13.5. The lowest BCUT2D eigenvalue weighted by Crippen LogP contribution is -2.54. The van der Waals surface area contributed by atoms with Crippen molar-refractivity contribution in [1.29, 1.82) is 0 Å². The van der Waals surface area contributed by atoms with Crippen LogP contribution in [0.25, 0.3) is 0 Å². The number of imide groups is 1. The zero-order chi connectivity index (χ0) is 31.9. The Labute approximate surface area is 262 Å². The first-order chi connectivity index (χ1) is 21.6. The average molecular weight is 615 g/mol. The van der Waals surface area contributed by atoms with Crippen LogP contribution in [0.2, 0.25) is 0 Å². The number of ether oxygens (including phenoxy) is 1. The van der Waals surface area contributed by atoms with Gasteiger partial charge in [0.05, 0.1) is 13.7 Å². The van der Waals surface area contributed by atoms with E-state index in [1.165, 1.54) is 12.0 Å². The Kier molecular flexibility index (Phi) is 8.14. The maximum Gasteiger partial charge on any atom is 0.323 e. The number of nitrogens with zero attached hydrogens (tertiary/aromatic N) is 4. The number of likely N-dealkylation sites (N-methyl/N-ethyl adjacent to an activating group) is 1. The van der Waals surface area contributed by atoms with Gasteiger partial charge in [0.25, 0.3) is 11.8 Å². The molecular formula is C33H38N6O6. The molecule has 4 aliphatic heterocycles. The summed E-state index contributed by atoms with van der Waals surface area (Å²) in [6, 6.07) is 4.06. The number of amides is 6. The van der Waals surface area contributed by atoms with E-state index >= 15 is 0 Å². The summed E-state index contributed by atoms with van der Waals surface area (Å²) in [5.74, 6) is 5.55. The quantitative estimate of drug-likeness (QED) is 0.364. The summed E-state index contributed by atoms with van der Waals surface area (Å²) in [6.45, 7) is 8.19. The number of benzene rings is 1. The highest BCUT2D eigenvalue weighted by Crippen LogP contribution is 2.34. The van der Waals surface area contributed by atoms with Gasteiger partial charge in [0.1, 0.15) is 11.8 Å². The minimum atomic E-state index is -1.63. The van der Waals surface area contributed by atoms with Crippen molar-refractivity contribution in [2.75, 3.05) is 46.4 Å². The molecule has 3 unspecified atom stereocenters. The van der Waals surface area contributed by atoms with E-state index in [0.717, 1.165) is 30.9 Å². The molecule has 12 heteroatoms. The molecule has 236 valence electrons. The molecule has 45 heavy (non-hydrogen) atoms. The molecule has 0 radical (unpaired) electrons. The van der Waals surface area contributed by atoms with Crippen LogP contribution in [0.5, 0.6) is 5.75 Å². The third-order valence-electron chi connectivity index (χ3n) is 9.39. The summed E-state index contributed by atoms with van der Waals surface area (Å²) in [5.41, 5.74) is 1.15. The first-order valence-electron chi connectivity index (χ1n) is 15.5. The predicted molar refractivity (Wildman–Crippen MR) is 163 cm³/mol. The van der Waals surface area contributed by atoms with Crippen LogP contribution < -0.4 is 15.4 Å². The lowest BCUT2D eigenvalue weighted by molar-refractivity contribution is -0.141. The topological polar surface area (TPSA) is 132 Å². The summed E-state index contributed by atoms with van der Waals surface area (Å²) in [7, 11) is 1.53. The minimum Gasteiger partial charge on any atom is -0.497 e. The van der Waals surface area contributed by atoms with Crippen molar-refractivity contribution in [2.45, 2.75) is 51.2 Å². The first kappa shape index (κ1) is 30.4. The van der Waals surface area contributed by atoms with E-state index in [1.807, 2.05) is 24.0 Å². The number of fused-ring (bicyclic) bond motifs is 1. The molecule has 0 bridgehead atoms. The monoisotopic (exact) mass is 614 g/mol. The predicted octanol–water partition coefficient (Wildman–Crippen LogP) is 1.24. The van der Waals surface area contributed by atoms with E-state index in [0.29, 0.717) is 49.2 Å². The lowest BCUT2D eigenvalue weighted by atomic mass is 9.90. The number of rotatable bonds is 6. The molecule has 1 aromatic carbocycles. The van der Waals surface area contributed by atoms with Gasteiger partial charge in [-0.1, -0.05) is 31.8 Å². The van der Waals surface area contributed by atoms with Gasteiger partial charge in [0.2, 0.25) is 17.4 Å². The number of likely N-dealkylation sites (tertiary alicyclic amines) is 1. The van der Waals surface area contributed by atoms with Crippen molar-refractivity contribution in [1.82, 2.24) is 30.2 Å². The van der Waals surface area contributed by atoms with E-state index in [-0.39, 0.29) is 36.7 Å². The van der Waals surface area contributed by atoms with Crippen LogP contribution in [0, 0.1) is 17.8 Å². The van der Waals surface area contributed by atoms with Crippen LogP contribution in [0.15, 0.2) is 41.6 Å². The number of urea groups is 1. The van der Waals surface area contributed by atoms with Gasteiger partial charge >= 0.3 is 6.03 Å². The molecule has 3 atom stereocenters. The summed E-state index contributed by atoms with van der Waals surface area (Å²) in [5, 5.41) is 4.91. The summed E-state index contributed by atoms with van der Waals surface area (Å²) >= 11 is 0. The van der Waals surface area contributed by atoms with E-state index in [9.17, 15) is 24.0 Å². The Hall–Kier alpha value is -4.63. The molecule has 1 aromatic rings. The number of nitrogens with one attached hydrogen (secondary N) is 2. The average Bonchev–Trinajstić information content (AvgIpc) is 3.67. The largest absolute Gasteiger partial charge is 0.497 e. The fourth-order valence-corrected chi connectivity index (χ4v) is 6.80. The van der Waals surface area contributed by atoms with Crippen molar-refractivity contribution in [3.8, 4) is 17.6 Å². The zero-order valence-corrected chi connectivity index (χ0v) is 25.9. The molecule has 2 N–H and O–H groups in total. The Morgan fingerprint density at radius 2 is 1.89 bits per heavy atom. The second kappa shape index (κ2) is 12.0. The Morgan fingerprint density at radius 3 is 2.56 bits per heavy atom. The van der Waals surface area contributed by atoms with Crippen molar-refractivity contribution in [3.05, 3.63) is 52.7 Å². The van der Waals surface area contributed by atoms with Crippen LogP contribution in [-0.4, -0.2) is 107 Å². The number of methoxy groups -OCH3 is 1. The van der Waals surface area contributed by atoms with E-state index in [2.05, 4.69) is 34.3 Å². The Morgan fingerprint density at radius 1 is 1.11 bits per heavy atom. The highest BCUT2D eigenvalue weighted by molar-refractivity contribution is 6.10. The van der Waals surface area contributed by atoms with Crippen molar-refractivity contribution in [2.24, 2.45) is 5.92 Å². The van der Waals surface area contributed by atoms with E-state index in [4.69, 9.17) is 4.74 Å². The molecule has 5 aliphatic rings. The number of carbonyl (C=O) groups is 5. The molecular weight excluding hydrogens is 576 g/mol. The van der Waals surface area contributed by atoms with Gasteiger partial charge in [-0.15, -0.1) is 0 Å². The molecule has 0 aromatic heterocycles. The number of allylic oxidation sites excluding steroid dienone is 4. The molecule has 12 nitrogen and oxygen atoms in total. The van der Waals surface area contributed by atoms with Gasteiger partial charge in [-0.05, 0) is 49.2 Å². The number of carbonyl (C=O) groups excluding carboxylic acids is 5. The summed E-state index contributed by atoms with van der Waals surface area (Å²) in [4.78, 5) is 72.5. The minimum absolute atomic E-state index is 0.00116. The SMILES string of the molecule is CCN1CCN(C(=O)C2CCC(=O)N2C2=CC=C(C#CC3(CN4Cc5ccc(OC)cc5C4=O)NC(=O)NC3=O)CC2C)CC1. The molecule has 3 fully saturated rings. The molecule has 1 aliphatic carbocycles. The molecule has 3 saturated heterocycles. The Bertz CT molecular complexity index is 1580. The standard InChI is InChI=1S/C33H38N6O6/c1-4-36-13-15-37(16-14-36)30(42)27-9-10-28(40)39(27)26-8-5-22(17-21(26)2)11-12-33(31(43)34-32(44)35-33)20-38-19-23-6-7-24(45-3)18-25(23)29(38)41/h5-8,18,21,27H,4,9-10,13-17,19-20H2,1-3H3,(H2,34,35,43,44). The maximum absolute atomic E-state index is 13.5. The van der Waals surface area contributed by atoms with Crippen LogP contribution in [0.4, 0.5) is 4.79 Å². The van der Waals surface area contributed by atoms with Gasteiger partial charge in [-0.2, -0.15) is 0 Å². The van der Waals surface area contributed by atoms with Gasteiger partial charge in [-0.3, -0.25) is 24.5 Å². The fraction of sp³-hybridized carbons (Fsp3) is 0.485. The highest BCUT2D eigenvalue weighted by atomic mass is 16.5. The molecule has 0 spiro atoms. The normalized spacial score (nSPS) is 26.6. The number of hydrogen-bond donors (Lipinski definition) is 2. The molecule has 6 amide bonds. The van der Waals surface area contributed by atoms with Gasteiger partial charge < -0.3 is 29.7 Å². The molecule has 4 heterocycles. The van der Waals surface area contributed by atoms with Crippen LogP contribution in [-0.2, 0) is 20.9 Å². The van der Waals surface area contributed by atoms with Crippen LogP contribution >= 0.6 is 0 Å². The van der Waals surface area contributed by atoms with E-state index in [1.54, 1.807) is 23.1 Å². The highest BCUT2D eigenvalue weighted by Gasteiger charge is 2.48. The first-order valence-corrected chi connectivity index (χ1v) is 15.5. The smallest absolute Gasteiger partial charge is 0.323 e. The number of piperazine rings is 1. The second-order valence-corrected chi connectivity index (χ2v) is 12.2. The molecule has 6 rings (SSSR count). The van der Waals surface area contributed by atoms with Crippen molar-refractivity contribution >= 4 is 29.7 Å². The van der Waals surface area contributed by atoms with Crippen LogP contribution in [0.1, 0.15) is 49.0 Å². The van der Waals surface area contributed by atoms with Gasteiger partial charge in [-0.25, -0.2) is 4.79 Å². The summed E-state index contributed by atoms with van der Waals surface area (Å²) < 4.78 is 5.25. The van der Waals surface area contributed by atoms with E-state index < -0.39 is 23.5 Å². The zero-order valence-electron chi connectivity index (χ0n) is 25.9. The van der Waals surface area contributed by atoms with Gasteiger partial charge in [0, 0.05) is 61.9 Å². The van der Waals surface area contributed by atoms with Crippen molar-refractivity contribution in [3.63, 3.8) is 0 Å². The van der Waals surface area contributed by atoms with Crippen LogP contribution in [0.3, 0.4) is 0 Å². The third-order valence-corrected chi connectivity index (χ3v) is 9.39. The van der Waals surface area contributed by atoms with Gasteiger partial charge in [0.15, 0.2) is 0 Å². The lowest BCUT2D eigenvalue weighted by Gasteiger charge is -2.38. The number of hydrogen-bond acceptors (Lipinski definition) is 7. The molecule has 0 saturated carbocycles. The fourth-order valence-electron chi connectivity index (χ4n) is 6.80. The summed E-state index contributed by atoms with van der Waals surface area (Å²) in [6.07, 6.45) is 4.95. The van der Waals surface area contributed by atoms with Crippen molar-refractivity contribution < 1.29 is 28.7 Å². The second-order valence-electron chi connectivity index (χ2n) is 12.2.